The van der Waals surface area contributed by atoms with Gasteiger partial charge >= 0.3 is 0 Å². The minimum absolute atomic E-state index is 0.202. The number of nitrogens with two attached hydrogens (primary N) is 1. The number of methoxy groups -OCH3 is 1. The van der Waals surface area contributed by atoms with E-state index >= 15 is 0 Å². The predicted molar refractivity (Wildman–Crippen MR) is 126 cm³/mol. The Morgan fingerprint density at radius 1 is 1.13 bits per heavy atom. The molecule has 31 heavy (non-hydrogen) atoms. The van der Waals surface area contributed by atoms with Gasteiger partial charge in [-0.1, -0.05) is 43.7 Å². The lowest BCUT2D eigenvalue weighted by Crippen LogP contribution is -2.83. The first kappa shape index (κ1) is 23.6. The van der Waals surface area contributed by atoms with Crippen molar-refractivity contribution in [3.8, 4) is 11.5 Å². The van der Waals surface area contributed by atoms with Crippen LogP contribution < -0.4 is 14.8 Å². The number of aryl methyl sites for hydroxylation is 1. The zero-order chi connectivity index (χ0) is 22.3. The second kappa shape index (κ2) is 11.0. The fraction of sp³-hybridized carbons (Fsp3) is 0.556. The summed E-state index contributed by atoms with van der Waals surface area (Å²) in [5, 5.41) is 2.42. The molecule has 0 saturated carbocycles. The van der Waals surface area contributed by atoms with Gasteiger partial charge in [0.1, 0.15) is 6.54 Å². The van der Waals surface area contributed by atoms with Crippen LogP contribution in [-0.2, 0) is 16.7 Å². The van der Waals surface area contributed by atoms with Gasteiger partial charge in [0.15, 0.2) is 11.5 Å². The Morgan fingerprint density at radius 2 is 1.90 bits per heavy atom. The summed E-state index contributed by atoms with van der Waals surface area (Å²) < 4.78 is 17.3. The van der Waals surface area contributed by atoms with Crippen LogP contribution in [0.1, 0.15) is 56.7 Å². The van der Waals surface area contributed by atoms with E-state index in [0.29, 0.717) is 18.6 Å². The van der Waals surface area contributed by atoms with Gasteiger partial charge in [0.2, 0.25) is 0 Å². The van der Waals surface area contributed by atoms with Crippen LogP contribution in [0.4, 0.5) is 0 Å². The molecule has 0 radical (unpaired) electrons. The number of benzene rings is 2. The molecule has 2 atom stereocenters. The van der Waals surface area contributed by atoms with Crippen LogP contribution in [0.5, 0.6) is 11.5 Å². The number of rotatable bonds is 10. The molecule has 4 heteroatoms. The van der Waals surface area contributed by atoms with Crippen molar-refractivity contribution < 1.29 is 19.5 Å². The van der Waals surface area contributed by atoms with Crippen LogP contribution in [0.15, 0.2) is 42.5 Å². The third kappa shape index (κ3) is 6.02. The summed E-state index contributed by atoms with van der Waals surface area (Å²) in [6.45, 7) is 12.2. The average molecular weight is 427 g/mol. The molecule has 1 aliphatic rings. The van der Waals surface area contributed by atoms with E-state index in [1.807, 2.05) is 13.0 Å². The lowest BCUT2D eigenvalue weighted by Gasteiger charge is -2.42. The van der Waals surface area contributed by atoms with Gasteiger partial charge in [-0.15, -0.1) is 0 Å². The number of ether oxygens (including phenoxy) is 3. The van der Waals surface area contributed by atoms with Crippen molar-refractivity contribution >= 4 is 0 Å². The van der Waals surface area contributed by atoms with Crippen LogP contribution in [-0.4, -0.2) is 33.0 Å². The second-order valence-electron chi connectivity index (χ2n) is 9.20. The highest BCUT2D eigenvalue weighted by Gasteiger charge is 2.39. The first-order valence-corrected chi connectivity index (χ1v) is 11.8. The molecule has 0 bridgehead atoms. The molecule has 4 nitrogen and oxygen atoms in total. The molecule has 0 aliphatic carbocycles. The molecule has 2 N–H and O–H groups in total. The van der Waals surface area contributed by atoms with Crippen molar-refractivity contribution in [1.29, 1.82) is 0 Å². The highest BCUT2D eigenvalue weighted by atomic mass is 16.5. The molecule has 0 aromatic heterocycles. The zero-order valence-electron chi connectivity index (χ0n) is 19.9. The molecule has 1 heterocycles. The lowest BCUT2D eigenvalue weighted by atomic mass is 9.68. The Kier molecular flexibility index (Phi) is 8.39. The lowest BCUT2D eigenvalue weighted by molar-refractivity contribution is -0.672. The first-order valence-electron chi connectivity index (χ1n) is 11.8. The van der Waals surface area contributed by atoms with Crippen LogP contribution in [0.2, 0.25) is 0 Å². The largest absolute Gasteiger partial charge is 0.493 e. The minimum Gasteiger partial charge on any atom is -0.493 e. The van der Waals surface area contributed by atoms with Gasteiger partial charge in [-0.05, 0) is 56.4 Å². The molecular weight excluding hydrogens is 386 g/mol. The SMILES string of the molecule is CCOc1ccc(C[NH2+]CC[C@@]2(c3ccc(C)cc3)CCO[C@@H](C(C)C)C2)cc1OC. The standard InChI is InChI=1S/C27H39NO3/c1-6-30-24-12-9-22(17-25(24)29-5)19-28-15-13-27(23-10-7-21(4)8-11-23)14-16-31-26(18-27)20(2)3/h7-12,17,20,26,28H,6,13-16,18-19H2,1-5H3/p+1/t26-,27-/m1/s1. The zero-order valence-corrected chi connectivity index (χ0v) is 19.9. The Hall–Kier alpha value is -2.04. The summed E-state index contributed by atoms with van der Waals surface area (Å²) >= 11 is 0. The molecule has 2 aromatic carbocycles. The third-order valence-electron chi connectivity index (χ3n) is 6.65. The second-order valence-corrected chi connectivity index (χ2v) is 9.20. The van der Waals surface area contributed by atoms with Crippen molar-refractivity contribution in [1.82, 2.24) is 0 Å². The first-order chi connectivity index (χ1) is 15.0. The normalized spacial score (nSPS) is 21.3. The fourth-order valence-corrected chi connectivity index (χ4v) is 4.68. The Balaban J connectivity index is 1.66. The maximum atomic E-state index is 6.14. The van der Waals surface area contributed by atoms with Gasteiger partial charge in [0.25, 0.3) is 0 Å². The molecule has 1 fully saturated rings. The van der Waals surface area contributed by atoms with Crippen LogP contribution in [0, 0.1) is 12.8 Å². The van der Waals surface area contributed by atoms with E-state index < -0.39 is 0 Å². The smallest absolute Gasteiger partial charge is 0.161 e. The summed E-state index contributed by atoms with van der Waals surface area (Å²) in [4.78, 5) is 0. The van der Waals surface area contributed by atoms with Gasteiger partial charge in [-0.2, -0.15) is 0 Å². The van der Waals surface area contributed by atoms with Gasteiger partial charge < -0.3 is 19.5 Å². The highest BCUT2D eigenvalue weighted by Crippen LogP contribution is 2.41. The number of hydrogen-bond acceptors (Lipinski definition) is 3. The molecule has 0 unspecified atom stereocenters. The van der Waals surface area contributed by atoms with E-state index in [-0.39, 0.29) is 5.41 Å². The van der Waals surface area contributed by atoms with Crippen molar-refractivity contribution in [2.45, 2.75) is 65.0 Å². The third-order valence-corrected chi connectivity index (χ3v) is 6.65. The van der Waals surface area contributed by atoms with Crippen molar-refractivity contribution in [2.24, 2.45) is 5.92 Å². The van der Waals surface area contributed by atoms with Gasteiger partial charge in [0.05, 0.1) is 26.4 Å². The average Bonchev–Trinajstić information content (AvgIpc) is 2.78. The van der Waals surface area contributed by atoms with E-state index in [1.165, 1.54) is 16.7 Å². The van der Waals surface area contributed by atoms with E-state index in [2.05, 4.69) is 62.5 Å². The maximum absolute atomic E-state index is 6.14. The predicted octanol–water partition coefficient (Wildman–Crippen LogP) is 4.63. The maximum Gasteiger partial charge on any atom is 0.161 e. The summed E-state index contributed by atoms with van der Waals surface area (Å²) in [5.74, 6) is 2.17. The van der Waals surface area contributed by atoms with Crippen molar-refractivity contribution in [2.75, 3.05) is 26.9 Å². The molecule has 0 amide bonds. The molecule has 0 spiro atoms. The van der Waals surface area contributed by atoms with Gasteiger partial charge in [-0.25, -0.2) is 0 Å². The molecular formula is C27H40NO3+. The summed E-state index contributed by atoms with van der Waals surface area (Å²) in [6.07, 6.45) is 3.71. The van der Waals surface area contributed by atoms with Crippen LogP contribution in [0.25, 0.3) is 0 Å². The number of hydrogen-bond donors (Lipinski definition) is 1. The van der Waals surface area contributed by atoms with E-state index in [1.54, 1.807) is 7.11 Å². The quantitative estimate of drug-likeness (QED) is 0.564. The Bertz CT molecular complexity index is 818. The number of quaternary nitrogens is 1. The van der Waals surface area contributed by atoms with Gasteiger partial charge in [0, 0.05) is 24.0 Å². The van der Waals surface area contributed by atoms with E-state index in [4.69, 9.17) is 14.2 Å². The van der Waals surface area contributed by atoms with Crippen molar-refractivity contribution in [3.05, 3.63) is 59.2 Å². The van der Waals surface area contributed by atoms with E-state index in [0.717, 1.165) is 50.5 Å². The summed E-state index contributed by atoms with van der Waals surface area (Å²) in [7, 11) is 1.70. The van der Waals surface area contributed by atoms with Crippen LogP contribution >= 0.6 is 0 Å². The summed E-state index contributed by atoms with van der Waals surface area (Å²) in [5.41, 5.74) is 4.26. The Morgan fingerprint density at radius 3 is 2.58 bits per heavy atom. The van der Waals surface area contributed by atoms with Crippen molar-refractivity contribution in [3.63, 3.8) is 0 Å². The minimum atomic E-state index is 0.202. The summed E-state index contributed by atoms with van der Waals surface area (Å²) in [6, 6.07) is 15.5. The topological polar surface area (TPSA) is 44.3 Å². The van der Waals surface area contributed by atoms with E-state index in [9.17, 15) is 0 Å². The monoisotopic (exact) mass is 426 g/mol. The fourth-order valence-electron chi connectivity index (χ4n) is 4.68. The molecule has 1 aliphatic heterocycles. The highest BCUT2D eigenvalue weighted by molar-refractivity contribution is 5.42. The molecule has 3 rings (SSSR count). The van der Waals surface area contributed by atoms with Gasteiger partial charge in [-0.3, -0.25) is 0 Å². The molecule has 170 valence electrons. The van der Waals surface area contributed by atoms with Crippen LogP contribution in [0.3, 0.4) is 0 Å². The molecule has 1 saturated heterocycles. The Labute approximate surface area is 188 Å². The molecule has 2 aromatic rings.